The van der Waals surface area contributed by atoms with Gasteiger partial charge in [0.1, 0.15) is 0 Å². The smallest absolute Gasteiger partial charge is 0.187 e. The van der Waals surface area contributed by atoms with Crippen LogP contribution in [0.1, 0.15) is 83.1 Å². The van der Waals surface area contributed by atoms with Crippen LogP contribution in [0.2, 0.25) is 33.2 Å². The van der Waals surface area contributed by atoms with Crippen LogP contribution in [0.15, 0.2) is 79.8 Å². The number of fused-ring (bicyclic) bond motifs is 9. The molecule has 0 aliphatic carbocycles. The third-order valence-corrected chi connectivity index (χ3v) is 27.0. The second-order valence-corrected chi connectivity index (χ2v) is 28.4. The zero-order valence-corrected chi connectivity index (χ0v) is 33.9. The molecule has 260 valence electrons. The molecule has 0 aliphatic heterocycles. The summed E-state index contributed by atoms with van der Waals surface area (Å²) in [4.78, 5) is 56.0. The average Bonchev–Trinajstić information content (AvgIpc) is 3.03. The molecule has 6 aromatic rings. The van der Waals surface area contributed by atoms with Gasteiger partial charge in [0.15, 0.2) is 21.7 Å². The Morgan fingerprint density at radius 2 is 0.640 bits per heavy atom. The summed E-state index contributed by atoms with van der Waals surface area (Å²) in [5.74, 6) is 0. The van der Waals surface area contributed by atoms with Crippen LogP contribution in [0.5, 0.6) is 0 Å². The molecule has 0 unspecified atom stereocenters. The van der Waals surface area contributed by atoms with E-state index in [-0.39, 0.29) is 21.7 Å². The van der Waals surface area contributed by atoms with Gasteiger partial charge in [-0.1, -0.05) is 130 Å². The first-order chi connectivity index (χ1) is 23.4. The van der Waals surface area contributed by atoms with Crippen molar-refractivity contribution >= 4 is 80.4 Å². The van der Waals surface area contributed by atoms with Gasteiger partial charge in [0.05, 0.1) is 16.1 Å². The van der Waals surface area contributed by atoms with Gasteiger partial charge in [0.25, 0.3) is 0 Å². The summed E-state index contributed by atoms with van der Waals surface area (Å²) in [6.07, 6.45) is 0. The first-order valence-electron chi connectivity index (χ1n) is 18.5. The van der Waals surface area contributed by atoms with Crippen LogP contribution in [0.25, 0.3) is 53.9 Å². The van der Waals surface area contributed by atoms with Crippen molar-refractivity contribution < 1.29 is 0 Å². The fraction of sp³-hybridized carbons (Fsp3) is 0.409. The maximum Gasteiger partial charge on any atom is 0.187 e. The van der Waals surface area contributed by atoms with Crippen molar-refractivity contribution in [2.24, 2.45) is 0 Å². The molecule has 0 N–H and O–H groups in total. The first-order valence-corrected chi connectivity index (χ1v) is 23.0. The van der Waals surface area contributed by atoms with E-state index in [2.05, 4.69) is 119 Å². The maximum absolute atomic E-state index is 14.1. The fourth-order valence-electron chi connectivity index (χ4n) is 11.4. The molecule has 0 atom stereocenters. The number of benzene rings is 6. The summed E-state index contributed by atoms with van der Waals surface area (Å²) in [5.41, 5.74) is 1.41. The standard InChI is InChI=1S/C44H52O4Si2/c1-23(2)49(24(3)4,25(5)6)38-21-32-34(45)17-19-36(47)41(32)43-30(38)15-13-29-14-16-31-39(50(26(7)8,27(9)10)28(11)12)22-33-35(46)18-20-37(48)42(33)44(31)40(29)43/h13-28H,1-12H3. The van der Waals surface area contributed by atoms with Gasteiger partial charge in [-0.2, -0.15) is 0 Å². The Bertz CT molecular complexity index is 2330. The topological polar surface area (TPSA) is 68.3 Å². The minimum Gasteiger partial charge on any atom is -0.289 e. The molecule has 0 amide bonds. The minimum atomic E-state index is -2.39. The molecule has 0 aromatic heterocycles. The Kier molecular flexibility index (Phi) is 9.00. The van der Waals surface area contributed by atoms with Gasteiger partial charge in [-0.05, 0) is 79.1 Å². The van der Waals surface area contributed by atoms with E-state index in [0.717, 1.165) is 32.3 Å². The Hall–Kier alpha value is -3.75. The Morgan fingerprint density at radius 3 is 0.940 bits per heavy atom. The summed E-state index contributed by atoms with van der Waals surface area (Å²) in [6.45, 7) is 27.8. The quantitative estimate of drug-likeness (QED) is 0.117. The molecule has 0 aliphatic rings. The summed E-state index contributed by atoms with van der Waals surface area (Å²) in [6, 6.07) is 18.3. The average molecular weight is 701 g/mol. The molecule has 6 aromatic carbocycles. The highest BCUT2D eigenvalue weighted by Crippen LogP contribution is 2.47. The maximum atomic E-state index is 14.1. The van der Waals surface area contributed by atoms with Gasteiger partial charge in [0, 0.05) is 32.3 Å². The van der Waals surface area contributed by atoms with Crippen LogP contribution in [0.4, 0.5) is 0 Å². The van der Waals surface area contributed by atoms with E-state index in [1.54, 1.807) is 0 Å². The minimum absolute atomic E-state index is 0.165. The summed E-state index contributed by atoms with van der Waals surface area (Å²) in [7, 11) is -4.77. The van der Waals surface area contributed by atoms with Crippen molar-refractivity contribution in [1.29, 1.82) is 0 Å². The lowest BCUT2D eigenvalue weighted by molar-refractivity contribution is 0.836. The molecule has 0 heterocycles. The van der Waals surface area contributed by atoms with Crippen LogP contribution < -0.4 is 32.1 Å². The van der Waals surface area contributed by atoms with Crippen LogP contribution in [-0.4, -0.2) is 16.1 Å². The van der Waals surface area contributed by atoms with Gasteiger partial charge in [-0.3, -0.25) is 19.2 Å². The van der Waals surface area contributed by atoms with Gasteiger partial charge in [0.2, 0.25) is 0 Å². The molecular formula is C44H52O4Si2. The van der Waals surface area contributed by atoms with Crippen LogP contribution >= 0.6 is 0 Å². The van der Waals surface area contributed by atoms with Gasteiger partial charge < -0.3 is 0 Å². The number of hydrogen-bond donors (Lipinski definition) is 0. The van der Waals surface area contributed by atoms with E-state index in [9.17, 15) is 19.2 Å². The molecule has 0 saturated heterocycles. The van der Waals surface area contributed by atoms with Crippen LogP contribution in [0.3, 0.4) is 0 Å². The lowest BCUT2D eigenvalue weighted by Gasteiger charge is -2.45. The SMILES string of the molecule is CC(C)[Si](c1cc2c(=O)ccc(=O)c2c2c1ccc1ccc3c([Si](C(C)C)(C(C)C)C(C)C)cc4c(=O)ccc(=O)c4c3c12)(C(C)C)C(C)C. The third kappa shape index (κ3) is 4.73. The predicted molar refractivity (Wildman–Crippen MR) is 223 cm³/mol. The van der Waals surface area contributed by atoms with E-state index < -0.39 is 16.1 Å². The van der Waals surface area contributed by atoms with Crippen LogP contribution in [0, 0.1) is 0 Å². The molecular weight excluding hydrogens is 649 g/mol. The molecule has 0 bridgehead atoms. The fourth-order valence-corrected chi connectivity index (χ4v) is 25.2. The zero-order valence-electron chi connectivity index (χ0n) is 31.9. The van der Waals surface area contributed by atoms with E-state index in [1.807, 2.05) is 0 Å². The molecule has 0 radical (unpaired) electrons. The summed E-state index contributed by atoms with van der Waals surface area (Å²) in [5, 5.41) is 9.32. The van der Waals surface area contributed by atoms with E-state index >= 15 is 0 Å². The molecule has 6 rings (SSSR count). The van der Waals surface area contributed by atoms with E-state index in [4.69, 9.17) is 0 Å². The van der Waals surface area contributed by atoms with Crippen molar-refractivity contribution in [2.75, 3.05) is 0 Å². The zero-order chi connectivity index (χ0) is 36.8. The van der Waals surface area contributed by atoms with Gasteiger partial charge in [-0.25, -0.2) is 0 Å². The lowest BCUT2D eigenvalue weighted by Crippen LogP contribution is -2.56. The molecule has 0 spiro atoms. The molecule has 4 nitrogen and oxygen atoms in total. The Morgan fingerprint density at radius 1 is 0.340 bits per heavy atom. The highest BCUT2D eigenvalue weighted by atomic mass is 28.3. The predicted octanol–water partition coefficient (Wildman–Crippen LogP) is 9.54. The number of rotatable bonds is 8. The Balaban J connectivity index is 2.09. The second kappa shape index (κ2) is 12.5. The van der Waals surface area contributed by atoms with Crippen molar-refractivity contribution in [3.63, 3.8) is 0 Å². The van der Waals surface area contributed by atoms with Crippen molar-refractivity contribution in [3.8, 4) is 0 Å². The van der Waals surface area contributed by atoms with E-state index in [0.29, 0.717) is 54.8 Å². The monoisotopic (exact) mass is 700 g/mol. The van der Waals surface area contributed by atoms with Crippen molar-refractivity contribution in [3.05, 3.63) is 102 Å². The molecule has 0 fully saturated rings. The molecule has 50 heavy (non-hydrogen) atoms. The van der Waals surface area contributed by atoms with Gasteiger partial charge >= 0.3 is 0 Å². The summed E-state index contributed by atoms with van der Waals surface area (Å²) >= 11 is 0. The highest BCUT2D eigenvalue weighted by Gasteiger charge is 2.47. The second-order valence-electron chi connectivity index (χ2n) is 16.7. The highest BCUT2D eigenvalue weighted by molar-refractivity contribution is 6.97. The number of hydrogen-bond acceptors (Lipinski definition) is 4. The van der Waals surface area contributed by atoms with Crippen LogP contribution in [-0.2, 0) is 0 Å². The molecule has 0 saturated carbocycles. The third-order valence-electron chi connectivity index (χ3n) is 12.8. The molecule has 6 heteroatoms. The normalized spacial score (nSPS) is 13.4. The van der Waals surface area contributed by atoms with Crippen molar-refractivity contribution in [1.82, 2.24) is 0 Å². The van der Waals surface area contributed by atoms with Gasteiger partial charge in [-0.15, -0.1) is 0 Å². The van der Waals surface area contributed by atoms with Crippen molar-refractivity contribution in [2.45, 2.75) is 116 Å². The Labute approximate surface area is 297 Å². The largest absolute Gasteiger partial charge is 0.289 e. The lowest BCUT2D eigenvalue weighted by atomic mass is 9.90. The van der Waals surface area contributed by atoms with E-state index in [1.165, 1.54) is 34.6 Å². The first kappa shape index (κ1) is 36.1. The summed E-state index contributed by atoms with van der Waals surface area (Å²) < 4.78 is 0.